The highest BCUT2D eigenvalue weighted by Gasteiger charge is 2.18. The van der Waals surface area contributed by atoms with Crippen molar-refractivity contribution in [1.29, 1.82) is 0 Å². The summed E-state index contributed by atoms with van der Waals surface area (Å²) in [5.41, 5.74) is 0.976. The van der Waals surface area contributed by atoms with Gasteiger partial charge >= 0.3 is 0 Å². The van der Waals surface area contributed by atoms with Crippen LogP contribution in [0.25, 0.3) is 0 Å². The van der Waals surface area contributed by atoms with Gasteiger partial charge in [0.2, 0.25) is 0 Å². The average molecular weight is 286 g/mol. The van der Waals surface area contributed by atoms with Crippen molar-refractivity contribution in [2.75, 3.05) is 5.32 Å². The molecule has 2 rings (SSSR count). The monoisotopic (exact) mass is 285 g/mol. The molecule has 1 nitrogen and oxygen atoms in total. The Morgan fingerprint density at radius 2 is 2.00 bits per heavy atom. The van der Waals surface area contributed by atoms with E-state index >= 15 is 0 Å². The molecule has 1 aromatic rings. The molecule has 2 atom stereocenters. The summed E-state index contributed by atoms with van der Waals surface area (Å²) in [6, 6.07) is 6.15. The second-order valence-electron chi connectivity index (χ2n) is 5.25. The maximum atomic E-state index is 6.19. The van der Waals surface area contributed by atoms with Crippen LogP contribution in [0.1, 0.15) is 45.4 Å². The van der Waals surface area contributed by atoms with Crippen LogP contribution in [0.3, 0.4) is 0 Å². The number of nitrogens with one attached hydrogen (secondary N) is 1. The van der Waals surface area contributed by atoms with Crippen LogP contribution in [-0.4, -0.2) is 6.04 Å². The van der Waals surface area contributed by atoms with E-state index in [1.54, 1.807) is 0 Å². The van der Waals surface area contributed by atoms with Gasteiger partial charge in [0.1, 0.15) is 0 Å². The summed E-state index contributed by atoms with van der Waals surface area (Å²) in [5, 5.41) is 5.06. The fourth-order valence-corrected chi connectivity index (χ4v) is 3.10. The van der Waals surface area contributed by atoms with Crippen LogP contribution in [0, 0.1) is 5.92 Å². The normalized spacial score (nSPS) is 24.6. The molecule has 18 heavy (non-hydrogen) atoms. The van der Waals surface area contributed by atoms with Crippen LogP contribution in [0.2, 0.25) is 10.0 Å². The summed E-state index contributed by atoms with van der Waals surface area (Å²) in [6.07, 6.45) is 7.80. The number of benzene rings is 1. The molecule has 2 unspecified atom stereocenters. The minimum Gasteiger partial charge on any atom is -0.381 e. The van der Waals surface area contributed by atoms with Crippen LogP contribution in [0.15, 0.2) is 18.2 Å². The largest absolute Gasteiger partial charge is 0.381 e. The average Bonchev–Trinajstić information content (AvgIpc) is 2.59. The third-order valence-corrected chi connectivity index (χ3v) is 4.52. The van der Waals surface area contributed by atoms with Crippen molar-refractivity contribution in [3.05, 3.63) is 28.2 Å². The maximum Gasteiger partial charge on any atom is 0.0638 e. The van der Waals surface area contributed by atoms with Gasteiger partial charge in [0.05, 0.1) is 10.7 Å². The maximum absolute atomic E-state index is 6.19. The van der Waals surface area contributed by atoms with Gasteiger partial charge in [0.25, 0.3) is 0 Å². The second kappa shape index (κ2) is 6.68. The molecule has 1 fully saturated rings. The fraction of sp³-hybridized carbons (Fsp3) is 0.600. The Morgan fingerprint density at radius 3 is 2.78 bits per heavy atom. The predicted molar refractivity (Wildman–Crippen MR) is 80.7 cm³/mol. The van der Waals surface area contributed by atoms with Gasteiger partial charge in [-0.05, 0) is 43.4 Å². The number of halogens is 2. The molecule has 3 heteroatoms. The number of anilines is 1. The van der Waals surface area contributed by atoms with Crippen molar-refractivity contribution in [3.8, 4) is 0 Å². The van der Waals surface area contributed by atoms with Crippen LogP contribution in [0.5, 0.6) is 0 Å². The molecule has 0 bridgehead atoms. The zero-order valence-electron chi connectivity index (χ0n) is 10.9. The lowest BCUT2D eigenvalue weighted by molar-refractivity contribution is 0.444. The van der Waals surface area contributed by atoms with Crippen LogP contribution in [0.4, 0.5) is 5.69 Å². The molecule has 1 saturated carbocycles. The molecule has 1 N–H and O–H groups in total. The van der Waals surface area contributed by atoms with Crippen LogP contribution in [-0.2, 0) is 0 Å². The van der Waals surface area contributed by atoms with Crippen molar-refractivity contribution < 1.29 is 0 Å². The lowest BCUT2D eigenvalue weighted by atomic mass is 9.98. The van der Waals surface area contributed by atoms with E-state index in [-0.39, 0.29) is 0 Å². The lowest BCUT2D eigenvalue weighted by Crippen LogP contribution is -2.18. The van der Waals surface area contributed by atoms with Gasteiger partial charge in [-0.2, -0.15) is 0 Å². The first-order chi connectivity index (χ1) is 8.69. The molecule has 0 amide bonds. The van der Waals surface area contributed by atoms with E-state index in [2.05, 4.69) is 12.2 Å². The van der Waals surface area contributed by atoms with Crippen molar-refractivity contribution >= 4 is 28.9 Å². The first kappa shape index (κ1) is 14.0. The van der Waals surface area contributed by atoms with Crippen LogP contribution >= 0.6 is 23.2 Å². The van der Waals surface area contributed by atoms with Gasteiger partial charge in [-0.3, -0.25) is 0 Å². The molecule has 1 aromatic carbocycles. The van der Waals surface area contributed by atoms with E-state index in [1.165, 1.54) is 38.5 Å². The zero-order chi connectivity index (χ0) is 13.0. The molecule has 0 radical (unpaired) electrons. The number of hydrogen-bond acceptors (Lipinski definition) is 1. The van der Waals surface area contributed by atoms with Gasteiger partial charge in [0.15, 0.2) is 0 Å². The Hall–Kier alpha value is -0.400. The predicted octanol–water partition coefficient (Wildman–Crippen LogP) is 5.76. The quantitative estimate of drug-likeness (QED) is 0.696. The van der Waals surface area contributed by atoms with E-state index in [4.69, 9.17) is 23.2 Å². The first-order valence-electron chi connectivity index (χ1n) is 6.90. The minimum absolute atomic E-state index is 0.539. The SMILES string of the molecule is CCC1CCCC(Nc2cc(Cl)ccc2Cl)CC1. The Kier molecular flexibility index (Phi) is 5.20. The summed E-state index contributed by atoms with van der Waals surface area (Å²) in [7, 11) is 0. The van der Waals surface area contributed by atoms with Gasteiger partial charge in [0, 0.05) is 11.1 Å². The summed E-state index contributed by atoms with van der Waals surface area (Å²) < 4.78 is 0. The van der Waals surface area contributed by atoms with Gasteiger partial charge < -0.3 is 5.32 Å². The lowest BCUT2D eigenvalue weighted by Gasteiger charge is -2.19. The molecule has 0 saturated heterocycles. The Bertz CT molecular complexity index is 392. The van der Waals surface area contributed by atoms with Gasteiger partial charge in [-0.1, -0.05) is 49.4 Å². The zero-order valence-corrected chi connectivity index (χ0v) is 12.4. The summed E-state index contributed by atoms with van der Waals surface area (Å²) in [4.78, 5) is 0. The molecule has 0 heterocycles. The standard InChI is InChI=1S/C15H21Cl2N/c1-2-11-4-3-5-13(8-6-11)18-15-10-12(16)7-9-14(15)17/h7,9-11,13,18H,2-6,8H2,1H3. The highest BCUT2D eigenvalue weighted by Crippen LogP contribution is 2.30. The van der Waals surface area contributed by atoms with E-state index < -0.39 is 0 Å². The van der Waals surface area contributed by atoms with Crippen molar-refractivity contribution in [3.63, 3.8) is 0 Å². The highest BCUT2D eigenvalue weighted by atomic mass is 35.5. The summed E-state index contributed by atoms with van der Waals surface area (Å²) in [6.45, 7) is 2.30. The van der Waals surface area contributed by atoms with Crippen molar-refractivity contribution in [2.45, 2.75) is 51.5 Å². The minimum atomic E-state index is 0.539. The van der Waals surface area contributed by atoms with Gasteiger partial charge in [-0.15, -0.1) is 0 Å². The Balaban J connectivity index is 1.98. The van der Waals surface area contributed by atoms with E-state index in [0.29, 0.717) is 6.04 Å². The molecule has 0 aliphatic heterocycles. The number of hydrogen-bond donors (Lipinski definition) is 1. The molecule has 1 aliphatic carbocycles. The van der Waals surface area contributed by atoms with Crippen LogP contribution < -0.4 is 5.32 Å². The Labute approximate surface area is 120 Å². The molecular formula is C15H21Cl2N. The molecule has 1 aliphatic rings. The highest BCUT2D eigenvalue weighted by molar-refractivity contribution is 6.35. The third kappa shape index (κ3) is 3.80. The second-order valence-corrected chi connectivity index (χ2v) is 6.09. The van der Waals surface area contributed by atoms with E-state index in [9.17, 15) is 0 Å². The topological polar surface area (TPSA) is 12.0 Å². The van der Waals surface area contributed by atoms with E-state index in [0.717, 1.165) is 21.7 Å². The Morgan fingerprint density at radius 1 is 1.17 bits per heavy atom. The molecule has 0 spiro atoms. The fourth-order valence-electron chi connectivity index (χ4n) is 2.76. The summed E-state index contributed by atoms with van der Waals surface area (Å²) in [5.74, 6) is 0.909. The smallest absolute Gasteiger partial charge is 0.0638 e. The molecule has 0 aromatic heterocycles. The van der Waals surface area contributed by atoms with E-state index in [1.807, 2.05) is 18.2 Å². The first-order valence-corrected chi connectivity index (χ1v) is 7.66. The third-order valence-electron chi connectivity index (χ3n) is 3.95. The molecule has 100 valence electrons. The van der Waals surface area contributed by atoms with Crippen molar-refractivity contribution in [2.24, 2.45) is 5.92 Å². The van der Waals surface area contributed by atoms with Gasteiger partial charge in [-0.25, -0.2) is 0 Å². The van der Waals surface area contributed by atoms with Crippen molar-refractivity contribution in [1.82, 2.24) is 0 Å². The summed E-state index contributed by atoms with van der Waals surface area (Å²) >= 11 is 12.2. The molecular weight excluding hydrogens is 265 g/mol. The number of rotatable bonds is 3.